The number of carbonyl (C=O) groups excluding carboxylic acids is 1. The molecule has 15 heteroatoms. The van der Waals surface area contributed by atoms with Gasteiger partial charge in [-0.05, 0) is 74.9 Å². The molecule has 3 fully saturated rings. The first-order valence-corrected chi connectivity index (χ1v) is 18.7. The molecule has 0 aromatic carbocycles. The van der Waals surface area contributed by atoms with Crippen molar-refractivity contribution in [2.24, 2.45) is 28.8 Å². The molecular formula is C37H68N2O13. The van der Waals surface area contributed by atoms with Crippen LogP contribution in [0.4, 0.5) is 0 Å². The maximum absolute atomic E-state index is 14.1. The van der Waals surface area contributed by atoms with Gasteiger partial charge in [-0.25, -0.2) is 0 Å². The number of esters is 1. The molecule has 52 heavy (non-hydrogen) atoms. The van der Waals surface area contributed by atoms with E-state index in [1.165, 1.54) is 14.0 Å². The van der Waals surface area contributed by atoms with Crippen molar-refractivity contribution in [2.75, 3.05) is 21.2 Å². The third-order valence-corrected chi connectivity index (χ3v) is 12.0. The lowest BCUT2D eigenvalue weighted by atomic mass is 9.73. The lowest BCUT2D eigenvalue weighted by Gasteiger charge is -2.49. The van der Waals surface area contributed by atoms with Gasteiger partial charge < -0.3 is 64.1 Å². The highest BCUT2D eigenvalue weighted by atomic mass is 16.7. The SMILES string of the molecule is CC[C@H]1OC(=O)[C@H](C)[C@@H](O[C@H]2C[C@@](C)(OC)[C@@H](O)[C@H](C)O2)[C@@H](C)[C@@H](O[C@@H]2O[C@H](C)C[C@H](N(C)C)[C@H]2O)[C@](C)(O)C[C@@H](C)C(=NO)[C@H](C)[C@H](O)[C@]1(C)O. The second-order valence-electron chi connectivity index (χ2n) is 16.6. The molecular weight excluding hydrogens is 680 g/mol. The third kappa shape index (κ3) is 9.47. The Morgan fingerprint density at radius 2 is 1.54 bits per heavy atom. The van der Waals surface area contributed by atoms with Crippen LogP contribution in [0.5, 0.6) is 0 Å². The number of likely N-dealkylation sites (N-methyl/N-ethyl adjacent to an activating group) is 1. The zero-order valence-corrected chi connectivity index (χ0v) is 33.4. The minimum Gasteiger partial charge on any atom is -0.459 e. The monoisotopic (exact) mass is 748 g/mol. The van der Waals surface area contributed by atoms with Gasteiger partial charge in [0.1, 0.15) is 23.9 Å². The second-order valence-corrected chi connectivity index (χ2v) is 16.6. The van der Waals surface area contributed by atoms with Crippen LogP contribution in [0.3, 0.4) is 0 Å². The zero-order chi connectivity index (χ0) is 39.7. The maximum Gasteiger partial charge on any atom is 0.311 e. The highest BCUT2D eigenvalue weighted by molar-refractivity contribution is 5.88. The topological polar surface area (TPSA) is 209 Å². The molecule has 304 valence electrons. The maximum atomic E-state index is 14.1. The summed E-state index contributed by atoms with van der Waals surface area (Å²) < 4.78 is 37.2. The first-order valence-electron chi connectivity index (χ1n) is 18.7. The molecule has 3 heterocycles. The van der Waals surface area contributed by atoms with Crippen molar-refractivity contribution >= 4 is 11.7 Å². The largest absolute Gasteiger partial charge is 0.459 e. The summed E-state index contributed by atoms with van der Waals surface area (Å²) in [6.45, 7) is 16.6. The number of methoxy groups -OCH3 is 1. The van der Waals surface area contributed by atoms with E-state index in [2.05, 4.69) is 5.16 Å². The van der Waals surface area contributed by atoms with Gasteiger partial charge in [-0.3, -0.25) is 4.79 Å². The quantitative estimate of drug-likeness (QED) is 0.125. The summed E-state index contributed by atoms with van der Waals surface area (Å²) in [5, 5.41) is 71.8. The fraction of sp³-hybridized carbons (Fsp3) is 0.946. The molecule has 0 aromatic rings. The molecule has 3 rings (SSSR count). The molecule has 15 nitrogen and oxygen atoms in total. The molecule has 0 radical (unpaired) electrons. The Balaban J connectivity index is 2.21. The Kier molecular flexibility index (Phi) is 15.1. The summed E-state index contributed by atoms with van der Waals surface area (Å²) >= 11 is 0. The summed E-state index contributed by atoms with van der Waals surface area (Å²) in [4.78, 5) is 16.0. The fourth-order valence-electron chi connectivity index (χ4n) is 8.61. The third-order valence-electron chi connectivity index (χ3n) is 12.0. The van der Waals surface area contributed by atoms with Crippen molar-refractivity contribution in [3.63, 3.8) is 0 Å². The molecule has 3 aliphatic rings. The van der Waals surface area contributed by atoms with Crippen LogP contribution in [0.25, 0.3) is 0 Å². The van der Waals surface area contributed by atoms with E-state index in [-0.39, 0.29) is 37.1 Å². The summed E-state index contributed by atoms with van der Waals surface area (Å²) in [6.07, 6.45) is -9.51. The molecule has 0 aromatic heterocycles. The van der Waals surface area contributed by atoms with Gasteiger partial charge in [0.25, 0.3) is 0 Å². The van der Waals surface area contributed by atoms with E-state index in [1.54, 1.807) is 55.4 Å². The number of carbonyl (C=O) groups is 1. The number of aliphatic hydroxyl groups is 5. The van der Waals surface area contributed by atoms with Gasteiger partial charge in [0.15, 0.2) is 12.6 Å². The van der Waals surface area contributed by atoms with Gasteiger partial charge in [0.2, 0.25) is 0 Å². The lowest BCUT2D eigenvalue weighted by Crippen LogP contribution is -2.61. The normalized spacial score (nSPS) is 49.8. The van der Waals surface area contributed by atoms with Gasteiger partial charge >= 0.3 is 5.97 Å². The Bertz CT molecular complexity index is 1200. The van der Waals surface area contributed by atoms with E-state index >= 15 is 0 Å². The van der Waals surface area contributed by atoms with Gasteiger partial charge in [0.05, 0.1) is 53.4 Å². The molecule has 18 atom stereocenters. The smallest absolute Gasteiger partial charge is 0.311 e. The van der Waals surface area contributed by atoms with E-state index in [0.717, 1.165) is 0 Å². The number of ether oxygens (including phenoxy) is 6. The number of hydrogen-bond donors (Lipinski definition) is 6. The van der Waals surface area contributed by atoms with Crippen LogP contribution in [0, 0.1) is 23.7 Å². The highest BCUT2D eigenvalue weighted by Gasteiger charge is 2.53. The first-order chi connectivity index (χ1) is 24.0. The second kappa shape index (κ2) is 17.5. The van der Waals surface area contributed by atoms with Gasteiger partial charge in [-0.1, -0.05) is 32.9 Å². The average Bonchev–Trinajstić information content (AvgIpc) is 3.06. The average molecular weight is 749 g/mol. The number of rotatable bonds is 7. The van der Waals surface area contributed by atoms with Gasteiger partial charge in [0, 0.05) is 37.3 Å². The standard InChI is InChI=1S/C37H68N2O13/c1-14-25-37(10,45)30(41)20(4)27(38-46)18(2)16-35(8,44)32(52-34-28(40)24(39(11)12)15-19(3)48-34)21(5)29(22(6)33(43)50-25)51-26-17-36(9,47-13)31(42)23(7)49-26/h18-26,28-32,34,40-42,44-46H,14-17H2,1-13H3/t18-,19-,20+,21-,22-,23+,24+,25-,26+,28-,29+,30+,31+,32-,34+,35-,36-,37-/m1/s1. The van der Waals surface area contributed by atoms with Crippen molar-refractivity contribution in [1.82, 2.24) is 4.90 Å². The van der Waals surface area contributed by atoms with Crippen molar-refractivity contribution < 1.29 is 64.0 Å². The van der Waals surface area contributed by atoms with E-state index in [9.17, 15) is 35.5 Å². The van der Waals surface area contributed by atoms with E-state index < -0.39 is 102 Å². The summed E-state index contributed by atoms with van der Waals surface area (Å²) in [6, 6.07) is -0.322. The Labute approximate surface area is 309 Å². The lowest BCUT2D eigenvalue weighted by molar-refractivity contribution is -0.317. The number of aliphatic hydroxyl groups excluding tert-OH is 3. The van der Waals surface area contributed by atoms with Crippen LogP contribution < -0.4 is 0 Å². The summed E-state index contributed by atoms with van der Waals surface area (Å²) in [5.74, 6) is -4.24. The predicted molar refractivity (Wildman–Crippen MR) is 190 cm³/mol. The predicted octanol–water partition coefficient (Wildman–Crippen LogP) is 2.05. The van der Waals surface area contributed by atoms with E-state index in [0.29, 0.717) is 6.42 Å². The Hall–Kier alpha value is -1.50. The highest BCUT2D eigenvalue weighted by Crippen LogP contribution is 2.41. The zero-order valence-electron chi connectivity index (χ0n) is 33.4. The first kappa shape index (κ1) is 44.9. The van der Waals surface area contributed by atoms with Crippen LogP contribution in [-0.2, 0) is 33.2 Å². The van der Waals surface area contributed by atoms with Crippen LogP contribution in [-0.4, -0.2) is 153 Å². The summed E-state index contributed by atoms with van der Waals surface area (Å²) in [5.41, 5.74) is -4.68. The van der Waals surface area contributed by atoms with Crippen molar-refractivity contribution in [3.8, 4) is 0 Å². The van der Waals surface area contributed by atoms with Crippen LogP contribution >= 0.6 is 0 Å². The number of cyclic esters (lactones) is 1. The molecule has 3 saturated heterocycles. The minimum atomic E-state index is -1.97. The minimum absolute atomic E-state index is 0.0657. The number of hydrogen-bond acceptors (Lipinski definition) is 15. The van der Waals surface area contributed by atoms with Crippen molar-refractivity contribution in [2.45, 2.75) is 179 Å². The fourth-order valence-corrected chi connectivity index (χ4v) is 8.61. The molecule has 3 aliphatic heterocycles. The molecule has 0 amide bonds. The Morgan fingerprint density at radius 3 is 2.08 bits per heavy atom. The number of oxime groups is 1. The van der Waals surface area contributed by atoms with Gasteiger partial charge in [-0.15, -0.1) is 0 Å². The molecule has 0 spiro atoms. The van der Waals surface area contributed by atoms with Gasteiger partial charge in [-0.2, -0.15) is 0 Å². The molecule has 0 unspecified atom stereocenters. The van der Waals surface area contributed by atoms with E-state index in [1.807, 2.05) is 25.9 Å². The molecule has 0 bridgehead atoms. The van der Waals surface area contributed by atoms with Crippen molar-refractivity contribution in [3.05, 3.63) is 0 Å². The van der Waals surface area contributed by atoms with E-state index in [4.69, 9.17) is 28.4 Å². The molecule has 6 N–H and O–H groups in total. The Morgan fingerprint density at radius 1 is 0.923 bits per heavy atom. The molecule has 0 aliphatic carbocycles. The van der Waals surface area contributed by atoms with Crippen LogP contribution in [0.15, 0.2) is 5.16 Å². The van der Waals surface area contributed by atoms with Crippen molar-refractivity contribution in [1.29, 1.82) is 0 Å². The molecule has 0 saturated carbocycles. The number of nitrogens with zero attached hydrogens (tertiary/aromatic N) is 2. The summed E-state index contributed by atoms with van der Waals surface area (Å²) in [7, 11) is 5.19. The van der Waals surface area contributed by atoms with Crippen LogP contribution in [0.1, 0.15) is 94.9 Å². The van der Waals surface area contributed by atoms with Crippen LogP contribution in [0.2, 0.25) is 0 Å².